The number of methoxy groups -OCH3 is 1. The molecule has 1 heterocycles. The molecule has 0 bridgehead atoms. The molecule has 1 aromatic carbocycles. The summed E-state index contributed by atoms with van der Waals surface area (Å²) in [5.41, 5.74) is 0.474. The summed E-state index contributed by atoms with van der Waals surface area (Å²) >= 11 is 0. The van der Waals surface area contributed by atoms with Gasteiger partial charge in [0.05, 0.1) is 30.0 Å². The number of benzene rings is 1. The van der Waals surface area contributed by atoms with Crippen molar-refractivity contribution in [3.63, 3.8) is 0 Å². The molecule has 0 aliphatic rings. The summed E-state index contributed by atoms with van der Waals surface area (Å²) in [6.45, 7) is 1.76. The van der Waals surface area contributed by atoms with Crippen LogP contribution in [0.4, 0.5) is 13.6 Å². The Morgan fingerprint density at radius 3 is 2.74 bits per heavy atom. The van der Waals surface area contributed by atoms with Crippen LogP contribution in [0.3, 0.4) is 0 Å². The third kappa shape index (κ3) is 4.22. The number of amides is 3. The number of halogens is 2. The number of hydrogen-bond donors (Lipinski definition) is 2. The number of urea groups is 1. The van der Waals surface area contributed by atoms with Gasteiger partial charge >= 0.3 is 6.03 Å². The first-order valence-electron chi connectivity index (χ1n) is 6.80. The van der Waals surface area contributed by atoms with E-state index in [1.165, 1.54) is 18.0 Å². The Kier molecular flexibility index (Phi) is 5.22. The van der Waals surface area contributed by atoms with Crippen molar-refractivity contribution in [2.45, 2.75) is 19.5 Å². The van der Waals surface area contributed by atoms with E-state index in [-0.39, 0.29) is 23.6 Å². The van der Waals surface area contributed by atoms with Gasteiger partial charge in [0, 0.05) is 19.2 Å². The molecule has 2 aromatic rings. The maximum Gasteiger partial charge on any atom is 0.321 e. The van der Waals surface area contributed by atoms with Crippen LogP contribution >= 0.6 is 0 Å². The van der Waals surface area contributed by atoms with E-state index in [0.717, 1.165) is 12.1 Å². The Labute approximate surface area is 130 Å². The minimum absolute atomic E-state index is 0.217. The number of nitrogens with one attached hydrogen (secondary N) is 2. The van der Waals surface area contributed by atoms with Gasteiger partial charge in [-0.05, 0) is 6.92 Å². The number of nitrogens with zero attached hydrogens (tertiary/aromatic N) is 2. The SMILES string of the molecule is COCC(C)NC(=O)NC(=O)Cn1cnc2cc(F)c(F)cc21. The summed E-state index contributed by atoms with van der Waals surface area (Å²) in [6.07, 6.45) is 1.27. The number of aromatic nitrogens is 2. The number of fused-ring (bicyclic) bond motifs is 1. The minimum atomic E-state index is -1.04. The lowest BCUT2D eigenvalue weighted by Crippen LogP contribution is -2.45. The van der Waals surface area contributed by atoms with E-state index < -0.39 is 23.6 Å². The zero-order valence-corrected chi connectivity index (χ0v) is 12.6. The van der Waals surface area contributed by atoms with Gasteiger partial charge in [-0.25, -0.2) is 18.6 Å². The fraction of sp³-hybridized carbons (Fsp3) is 0.357. The molecule has 0 aliphatic heterocycles. The van der Waals surface area contributed by atoms with Crippen LogP contribution in [-0.4, -0.2) is 41.2 Å². The Bertz CT molecular complexity index is 732. The highest BCUT2D eigenvalue weighted by molar-refractivity contribution is 5.94. The van der Waals surface area contributed by atoms with Crippen molar-refractivity contribution in [1.29, 1.82) is 0 Å². The lowest BCUT2D eigenvalue weighted by atomic mass is 10.3. The summed E-state index contributed by atoms with van der Waals surface area (Å²) < 4.78 is 32.6. The molecular weight excluding hydrogens is 310 g/mol. The first-order chi connectivity index (χ1) is 10.9. The molecule has 0 aliphatic carbocycles. The molecule has 124 valence electrons. The molecule has 1 atom stereocenters. The van der Waals surface area contributed by atoms with Gasteiger partial charge in [-0.3, -0.25) is 10.1 Å². The Hall–Kier alpha value is -2.55. The number of carbonyl (C=O) groups excluding carboxylic acids is 2. The second-order valence-electron chi connectivity index (χ2n) is 5.01. The molecule has 0 spiro atoms. The molecule has 0 radical (unpaired) electrons. The van der Waals surface area contributed by atoms with Crippen molar-refractivity contribution in [2.24, 2.45) is 0 Å². The Morgan fingerprint density at radius 2 is 2.04 bits per heavy atom. The third-order valence-electron chi connectivity index (χ3n) is 3.02. The molecule has 9 heteroatoms. The molecule has 7 nitrogen and oxygen atoms in total. The lowest BCUT2D eigenvalue weighted by Gasteiger charge is -2.13. The molecule has 1 unspecified atom stereocenters. The van der Waals surface area contributed by atoms with E-state index in [4.69, 9.17) is 4.74 Å². The number of ether oxygens (including phenoxy) is 1. The van der Waals surface area contributed by atoms with Crippen molar-refractivity contribution in [3.8, 4) is 0 Å². The molecular formula is C14H16F2N4O3. The zero-order valence-electron chi connectivity index (χ0n) is 12.6. The van der Waals surface area contributed by atoms with Crippen molar-refractivity contribution in [1.82, 2.24) is 20.2 Å². The van der Waals surface area contributed by atoms with Gasteiger partial charge in [0.1, 0.15) is 6.54 Å². The van der Waals surface area contributed by atoms with Crippen LogP contribution in [0.25, 0.3) is 11.0 Å². The van der Waals surface area contributed by atoms with Crippen LogP contribution in [0.1, 0.15) is 6.92 Å². The summed E-state index contributed by atoms with van der Waals surface area (Å²) in [7, 11) is 1.49. The van der Waals surface area contributed by atoms with Crippen molar-refractivity contribution < 1.29 is 23.1 Å². The van der Waals surface area contributed by atoms with Crippen LogP contribution in [-0.2, 0) is 16.1 Å². The van der Waals surface area contributed by atoms with Gasteiger partial charge in [0.15, 0.2) is 11.6 Å². The maximum absolute atomic E-state index is 13.3. The van der Waals surface area contributed by atoms with E-state index in [2.05, 4.69) is 15.6 Å². The number of imide groups is 1. The van der Waals surface area contributed by atoms with E-state index >= 15 is 0 Å². The van der Waals surface area contributed by atoms with E-state index in [1.54, 1.807) is 6.92 Å². The third-order valence-corrected chi connectivity index (χ3v) is 3.02. The fourth-order valence-electron chi connectivity index (χ4n) is 2.05. The molecule has 0 fully saturated rings. The fourth-order valence-corrected chi connectivity index (χ4v) is 2.05. The largest absolute Gasteiger partial charge is 0.383 e. The van der Waals surface area contributed by atoms with Crippen LogP contribution in [0.15, 0.2) is 18.5 Å². The summed E-state index contributed by atoms with van der Waals surface area (Å²) in [5, 5.41) is 4.65. The van der Waals surface area contributed by atoms with E-state index in [1.807, 2.05) is 0 Å². The predicted octanol–water partition coefficient (Wildman–Crippen LogP) is 1.18. The van der Waals surface area contributed by atoms with Crippen LogP contribution in [0.2, 0.25) is 0 Å². The maximum atomic E-state index is 13.3. The van der Waals surface area contributed by atoms with Gasteiger partial charge in [0.25, 0.3) is 0 Å². The minimum Gasteiger partial charge on any atom is -0.383 e. The number of rotatable bonds is 5. The molecule has 2 N–H and O–H groups in total. The van der Waals surface area contributed by atoms with Crippen molar-refractivity contribution in [3.05, 3.63) is 30.1 Å². The van der Waals surface area contributed by atoms with Crippen LogP contribution < -0.4 is 10.6 Å². The first-order valence-corrected chi connectivity index (χ1v) is 6.80. The van der Waals surface area contributed by atoms with E-state index in [9.17, 15) is 18.4 Å². The Morgan fingerprint density at radius 1 is 1.35 bits per heavy atom. The normalized spacial score (nSPS) is 12.2. The highest BCUT2D eigenvalue weighted by Gasteiger charge is 2.14. The van der Waals surface area contributed by atoms with Gasteiger partial charge < -0.3 is 14.6 Å². The monoisotopic (exact) mass is 326 g/mol. The standard InChI is InChI=1S/C14H16F2N4O3/c1-8(6-23-2)18-14(22)19-13(21)5-20-7-17-11-3-9(15)10(16)4-12(11)20/h3-4,7-8H,5-6H2,1-2H3,(H2,18,19,21,22). The number of imidazole rings is 1. The second-order valence-corrected chi connectivity index (χ2v) is 5.01. The van der Waals surface area contributed by atoms with Gasteiger partial charge in [-0.2, -0.15) is 0 Å². The zero-order chi connectivity index (χ0) is 17.0. The number of carbonyl (C=O) groups is 2. The molecule has 0 saturated heterocycles. The summed E-state index contributed by atoms with van der Waals surface area (Å²) in [6, 6.07) is 0.962. The van der Waals surface area contributed by atoms with Crippen molar-refractivity contribution in [2.75, 3.05) is 13.7 Å². The summed E-state index contributed by atoms with van der Waals surface area (Å²) in [4.78, 5) is 27.3. The van der Waals surface area contributed by atoms with Crippen LogP contribution in [0, 0.1) is 11.6 Å². The van der Waals surface area contributed by atoms with Gasteiger partial charge in [0.2, 0.25) is 5.91 Å². The second kappa shape index (κ2) is 7.14. The van der Waals surface area contributed by atoms with E-state index in [0.29, 0.717) is 6.61 Å². The first kappa shape index (κ1) is 16.8. The molecule has 23 heavy (non-hydrogen) atoms. The van der Waals surface area contributed by atoms with Gasteiger partial charge in [-0.15, -0.1) is 0 Å². The summed E-state index contributed by atoms with van der Waals surface area (Å²) in [5.74, 6) is -2.67. The average Bonchev–Trinajstić information content (AvgIpc) is 2.81. The highest BCUT2D eigenvalue weighted by Crippen LogP contribution is 2.17. The predicted molar refractivity (Wildman–Crippen MR) is 77.7 cm³/mol. The Balaban J connectivity index is 2.00. The number of hydrogen-bond acceptors (Lipinski definition) is 4. The smallest absolute Gasteiger partial charge is 0.321 e. The van der Waals surface area contributed by atoms with Crippen molar-refractivity contribution >= 4 is 23.0 Å². The van der Waals surface area contributed by atoms with Gasteiger partial charge in [-0.1, -0.05) is 0 Å². The quantitative estimate of drug-likeness (QED) is 0.864. The molecule has 3 amide bonds. The topological polar surface area (TPSA) is 85.3 Å². The highest BCUT2D eigenvalue weighted by atomic mass is 19.2. The molecule has 0 saturated carbocycles. The van der Waals surface area contributed by atoms with Crippen LogP contribution in [0.5, 0.6) is 0 Å². The lowest BCUT2D eigenvalue weighted by molar-refractivity contribution is -0.120. The average molecular weight is 326 g/mol. The molecule has 1 aromatic heterocycles. The molecule has 2 rings (SSSR count).